The number of hydrogen-bond acceptors (Lipinski definition) is 4. The standard InChI is InChI=1S/C27H26N4O3/c1-3-20-12-7-8-13-22(20)31-25(32)23-16-21(24-14-9-15-34-24)29-30(23)18-27(31,2)26(33)28-17-19-10-5-4-6-11-19/h4-16H,3,17-18H2,1-2H3,(H,28,33)/t27-/m1/s1. The van der Waals surface area contributed by atoms with Gasteiger partial charge in [0, 0.05) is 18.3 Å². The molecule has 4 aromatic rings. The van der Waals surface area contributed by atoms with Crippen molar-refractivity contribution in [3.8, 4) is 11.5 Å². The van der Waals surface area contributed by atoms with Crippen molar-refractivity contribution in [2.75, 3.05) is 4.90 Å². The number of fused-ring (bicyclic) bond motifs is 1. The van der Waals surface area contributed by atoms with Crippen molar-refractivity contribution in [2.24, 2.45) is 0 Å². The van der Waals surface area contributed by atoms with Crippen LogP contribution in [-0.2, 0) is 24.3 Å². The topological polar surface area (TPSA) is 80.4 Å². The average molecular weight is 455 g/mol. The maximum atomic E-state index is 13.9. The summed E-state index contributed by atoms with van der Waals surface area (Å²) in [6.07, 6.45) is 2.30. The molecule has 34 heavy (non-hydrogen) atoms. The van der Waals surface area contributed by atoms with Gasteiger partial charge in [-0.05, 0) is 42.7 Å². The zero-order valence-corrected chi connectivity index (χ0v) is 19.2. The lowest BCUT2D eigenvalue weighted by Gasteiger charge is -2.43. The van der Waals surface area contributed by atoms with E-state index in [0.29, 0.717) is 23.7 Å². The van der Waals surface area contributed by atoms with Crippen molar-refractivity contribution in [3.05, 3.63) is 95.9 Å². The Morgan fingerprint density at radius 1 is 1.09 bits per heavy atom. The van der Waals surface area contributed by atoms with E-state index in [2.05, 4.69) is 10.4 Å². The number of rotatable bonds is 6. The number of anilines is 1. The highest BCUT2D eigenvalue weighted by Crippen LogP contribution is 2.36. The first-order chi connectivity index (χ1) is 16.5. The van der Waals surface area contributed by atoms with E-state index in [-0.39, 0.29) is 18.4 Å². The summed E-state index contributed by atoms with van der Waals surface area (Å²) >= 11 is 0. The minimum absolute atomic E-state index is 0.216. The third-order valence-electron chi connectivity index (χ3n) is 6.33. The molecule has 7 nitrogen and oxygen atoms in total. The van der Waals surface area contributed by atoms with Crippen molar-refractivity contribution in [1.82, 2.24) is 15.1 Å². The summed E-state index contributed by atoms with van der Waals surface area (Å²) in [7, 11) is 0. The molecule has 5 rings (SSSR count). The highest BCUT2D eigenvalue weighted by atomic mass is 16.3. The van der Waals surface area contributed by atoms with Gasteiger partial charge in [0.15, 0.2) is 5.76 Å². The molecule has 0 spiro atoms. The number of hydrogen-bond donors (Lipinski definition) is 1. The van der Waals surface area contributed by atoms with E-state index < -0.39 is 5.54 Å². The van der Waals surface area contributed by atoms with Crippen LogP contribution in [0.1, 0.15) is 35.5 Å². The number of carbonyl (C=O) groups excluding carboxylic acids is 2. The predicted molar refractivity (Wildman–Crippen MR) is 129 cm³/mol. The molecule has 1 aliphatic heterocycles. The second-order valence-corrected chi connectivity index (χ2v) is 8.61. The van der Waals surface area contributed by atoms with Gasteiger partial charge in [0.2, 0.25) is 5.91 Å². The number of furan rings is 1. The summed E-state index contributed by atoms with van der Waals surface area (Å²) < 4.78 is 7.11. The van der Waals surface area contributed by atoms with E-state index in [0.717, 1.165) is 23.2 Å². The van der Waals surface area contributed by atoms with Crippen LogP contribution in [0.15, 0.2) is 83.5 Å². The van der Waals surface area contributed by atoms with Gasteiger partial charge in [0.25, 0.3) is 5.91 Å². The smallest absolute Gasteiger partial charge is 0.277 e. The molecule has 1 atom stereocenters. The summed E-state index contributed by atoms with van der Waals surface area (Å²) in [4.78, 5) is 29.3. The average Bonchev–Trinajstić information content (AvgIpc) is 3.53. The van der Waals surface area contributed by atoms with Crippen LogP contribution in [0.4, 0.5) is 5.69 Å². The zero-order valence-electron chi connectivity index (χ0n) is 19.2. The van der Waals surface area contributed by atoms with Gasteiger partial charge in [-0.15, -0.1) is 0 Å². The number of carbonyl (C=O) groups is 2. The molecule has 0 unspecified atom stereocenters. The number of amides is 2. The quantitative estimate of drug-likeness (QED) is 0.467. The largest absolute Gasteiger partial charge is 0.463 e. The number of nitrogens with zero attached hydrogens (tertiary/aromatic N) is 3. The lowest BCUT2D eigenvalue weighted by atomic mass is 9.92. The van der Waals surface area contributed by atoms with E-state index in [9.17, 15) is 9.59 Å². The van der Waals surface area contributed by atoms with Crippen molar-refractivity contribution in [2.45, 2.75) is 38.9 Å². The van der Waals surface area contributed by atoms with Gasteiger partial charge >= 0.3 is 0 Å². The van der Waals surface area contributed by atoms with Gasteiger partial charge in [-0.1, -0.05) is 55.5 Å². The summed E-state index contributed by atoms with van der Waals surface area (Å²) in [5.74, 6) is 0.0663. The molecule has 0 bridgehead atoms. The van der Waals surface area contributed by atoms with Crippen molar-refractivity contribution < 1.29 is 14.0 Å². The molecule has 1 aliphatic rings. The molecule has 2 aromatic carbocycles. The van der Waals surface area contributed by atoms with E-state index in [4.69, 9.17) is 4.42 Å². The molecule has 3 heterocycles. The highest BCUT2D eigenvalue weighted by Gasteiger charge is 2.49. The van der Waals surface area contributed by atoms with Gasteiger partial charge < -0.3 is 9.73 Å². The lowest BCUT2D eigenvalue weighted by molar-refractivity contribution is -0.126. The Bertz CT molecular complexity index is 1330. The van der Waals surface area contributed by atoms with E-state index in [1.165, 1.54) is 0 Å². The Hall–Kier alpha value is -4.13. The van der Waals surface area contributed by atoms with Crippen LogP contribution in [0.3, 0.4) is 0 Å². The molecule has 0 aliphatic carbocycles. The molecule has 172 valence electrons. The van der Waals surface area contributed by atoms with Gasteiger partial charge in [0.1, 0.15) is 16.9 Å². The number of para-hydroxylation sites is 1. The summed E-state index contributed by atoms with van der Waals surface area (Å²) in [5, 5.41) is 7.65. The Morgan fingerprint density at radius 2 is 1.85 bits per heavy atom. The molecule has 2 amide bonds. The second-order valence-electron chi connectivity index (χ2n) is 8.61. The molecule has 0 fully saturated rings. The maximum absolute atomic E-state index is 13.9. The number of aryl methyl sites for hydroxylation is 1. The summed E-state index contributed by atoms with van der Waals surface area (Å²) in [6, 6.07) is 22.8. The number of benzene rings is 2. The minimum atomic E-state index is -1.18. The third kappa shape index (κ3) is 3.69. The first-order valence-electron chi connectivity index (χ1n) is 11.4. The first-order valence-corrected chi connectivity index (χ1v) is 11.4. The minimum Gasteiger partial charge on any atom is -0.463 e. The van der Waals surface area contributed by atoms with Crippen molar-refractivity contribution in [3.63, 3.8) is 0 Å². The molecule has 2 aromatic heterocycles. The van der Waals surface area contributed by atoms with E-state index in [1.54, 1.807) is 41.0 Å². The molecule has 7 heteroatoms. The van der Waals surface area contributed by atoms with Crippen LogP contribution in [0.5, 0.6) is 0 Å². The van der Waals surface area contributed by atoms with Crippen molar-refractivity contribution >= 4 is 17.5 Å². The van der Waals surface area contributed by atoms with Crippen LogP contribution >= 0.6 is 0 Å². The number of aromatic nitrogens is 2. The summed E-state index contributed by atoms with van der Waals surface area (Å²) in [6.45, 7) is 4.43. The fourth-order valence-corrected chi connectivity index (χ4v) is 4.50. The van der Waals surface area contributed by atoms with E-state index >= 15 is 0 Å². The van der Waals surface area contributed by atoms with Gasteiger partial charge in [-0.3, -0.25) is 19.2 Å². The molecule has 1 N–H and O–H groups in total. The van der Waals surface area contributed by atoms with Crippen LogP contribution in [-0.4, -0.2) is 27.1 Å². The van der Waals surface area contributed by atoms with Gasteiger partial charge in [-0.2, -0.15) is 5.10 Å². The molecule has 0 radical (unpaired) electrons. The van der Waals surface area contributed by atoms with Gasteiger partial charge in [0.05, 0.1) is 12.8 Å². The number of nitrogens with one attached hydrogen (secondary N) is 1. The normalized spacial score (nSPS) is 17.5. The Balaban J connectivity index is 1.57. The first kappa shape index (κ1) is 21.7. The van der Waals surface area contributed by atoms with Crippen molar-refractivity contribution in [1.29, 1.82) is 0 Å². The molecular formula is C27H26N4O3. The fraction of sp³-hybridized carbons (Fsp3) is 0.222. The van der Waals surface area contributed by atoms with Crippen LogP contribution in [0.2, 0.25) is 0 Å². The molecular weight excluding hydrogens is 428 g/mol. The molecule has 0 saturated heterocycles. The maximum Gasteiger partial charge on any atom is 0.277 e. The van der Waals surface area contributed by atoms with Crippen LogP contribution < -0.4 is 10.2 Å². The van der Waals surface area contributed by atoms with E-state index in [1.807, 2.05) is 61.5 Å². The fourth-order valence-electron chi connectivity index (χ4n) is 4.50. The van der Waals surface area contributed by atoms with Crippen LogP contribution in [0, 0.1) is 0 Å². The Labute approximate surface area is 198 Å². The molecule has 0 saturated carbocycles. The summed E-state index contributed by atoms with van der Waals surface area (Å²) in [5.41, 5.74) is 2.52. The lowest BCUT2D eigenvalue weighted by Crippen LogP contribution is -2.64. The monoisotopic (exact) mass is 454 g/mol. The predicted octanol–water partition coefficient (Wildman–Crippen LogP) is 4.44. The second kappa shape index (κ2) is 8.67. The SMILES string of the molecule is CCc1ccccc1N1C(=O)c2cc(-c3ccco3)nn2C[C@]1(C)C(=O)NCc1ccccc1. The Kier molecular flexibility index (Phi) is 5.53. The zero-order chi connectivity index (χ0) is 23.7. The van der Waals surface area contributed by atoms with Gasteiger partial charge in [-0.25, -0.2) is 0 Å². The Morgan fingerprint density at radius 3 is 2.59 bits per heavy atom. The highest BCUT2D eigenvalue weighted by molar-refractivity contribution is 6.12. The van der Waals surface area contributed by atoms with Crippen LogP contribution in [0.25, 0.3) is 11.5 Å². The third-order valence-corrected chi connectivity index (χ3v) is 6.33.